The normalized spacial score (nSPS) is 22.3. The van der Waals surface area contributed by atoms with Crippen LogP contribution in [0.4, 0.5) is 9.59 Å². The minimum Gasteiger partial charge on any atom is -0.469 e. The summed E-state index contributed by atoms with van der Waals surface area (Å²) in [5, 5.41) is 9.03. The van der Waals surface area contributed by atoms with Gasteiger partial charge in [-0.1, -0.05) is 0 Å². The molecule has 0 radical (unpaired) electrons. The van der Waals surface area contributed by atoms with Crippen molar-refractivity contribution >= 4 is 18.1 Å². The molecule has 21 heavy (non-hydrogen) atoms. The van der Waals surface area contributed by atoms with Gasteiger partial charge in [0.1, 0.15) is 0 Å². The summed E-state index contributed by atoms with van der Waals surface area (Å²) in [6.07, 6.45) is -0.963. The van der Waals surface area contributed by atoms with Crippen molar-refractivity contribution < 1.29 is 24.2 Å². The van der Waals surface area contributed by atoms with E-state index in [4.69, 9.17) is 9.84 Å². The Bertz CT molecular complexity index is 465. The van der Waals surface area contributed by atoms with E-state index in [1.807, 2.05) is 0 Å². The van der Waals surface area contributed by atoms with Crippen molar-refractivity contribution in [3.05, 3.63) is 0 Å². The van der Waals surface area contributed by atoms with Crippen LogP contribution in [0.3, 0.4) is 0 Å². The van der Waals surface area contributed by atoms with E-state index in [0.29, 0.717) is 26.2 Å². The van der Waals surface area contributed by atoms with E-state index < -0.39 is 11.5 Å². The van der Waals surface area contributed by atoms with Crippen LogP contribution in [0, 0.1) is 5.41 Å². The molecule has 3 amide bonds. The molecule has 0 spiro atoms. The average molecular weight is 299 g/mol. The minimum absolute atomic E-state index is 0.137. The average Bonchev–Trinajstić information content (AvgIpc) is 2.73. The Morgan fingerprint density at radius 2 is 2.00 bits per heavy atom. The molecule has 2 aliphatic rings. The first kappa shape index (κ1) is 15.4. The number of piperazine rings is 1. The van der Waals surface area contributed by atoms with Crippen LogP contribution in [0.2, 0.25) is 0 Å². The van der Waals surface area contributed by atoms with Gasteiger partial charge in [0.15, 0.2) is 0 Å². The van der Waals surface area contributed by atoms with Crippen LogP contribution in [0.25, 0.3) is 0 Å². The first-order valence-electron chi connectivity index (χ1n) is 6.88. The highest BCUT2D eigenvalue weighted by Crippen LogP contribution is 2.26. The Balaban J connectivity index is 2.04. The lowest BCUT2D eigenvalue weighted by molar-refractivity contribution is -0.151. The largest absolute Gasteiger partial charge is 0.469 e. The lowest BCUT2D eigenvalue weighted by atomic mass is 9.93. The van der Waals surface area contributed by atoms with Gasteiger partial charge in [-0.3, -0.25) is 4.79 Å². The number of nitrogens with zero attached hydrogens (tertiary/aromatic N) is 3. The Hall–Kier alpha value is -1.99. The molecule has 0 aromatic heterocycles. The number of ether oxygens (including phenoxy) is 1. The summed E-state index contributed by atoms with van der Waals surface area (Å²) in [7, 11) is 1.32. The summed E-state index contributed by atoms with van der Waals surface area (Å²) in [4.78, 5) is 39.7. The van der Waals surface area contributed by atoms with Gasteiger partial charge in [-0.2, -0.15) is 0 Å². The minimum atomic E-state index is -0.963. The monoisotopic (exact) mass is 299 g/mol. The van der Waals surface area contributed by atoms with Crippen molar-refractivity contribution in [3.8, 4) is 0 Å². The molecule has 2 saturated heterocycles. The molecule has 0 aromatic rings. The Morgan fingerprint density at radius 1 is 1.33 bits per heavy atom. The number of hydrogen-bond acceptors (Lipinski definition) is 4. The number of esters is 1. The fraction of sp³-hybridized carbons (Fsp3) is 0.769. The molecule has 2 aliphatic heterocycles. The molecule has 2 rings (SSSR count). The van der Waals surface area contributed by atoms with Crippen molar-refractivity contribution in [3.63, 3.8) is 0 Å². The zero-order chi connectivity index (χ0) is 15.8. The summed E-state index contributed by atoms with van der Waals surface area (Å²) in [5.74, 6) is -0.368. The predicted octanol–water partition coefficient (Wildman–Crippen LogP) is 0.285. The maximum atomic E-state index is 12.3. The van der Waals surface area contributed by atoms with Crippen molar-refractivity contribution in [2.75, 3.05) is 39.8 Å². The third kappa shape index (κ3) is 2.88. The van der Waals surface area contributed by atoms with E-state index in [1.165, 1.54) is 12.0 Å². The van der Waals surface area contributed by atoms with Crippen LogP contribution in [0.1, 0.15) is 13.8 Å². The van der Waals surface area contributed by atoms with Gasteiger partial charge in [0.25, 0.3) is 0 Å². The van der Waals surface area contributed by atoms with E-state index >= 15 is 0 Å². The lowest BCUT2D eigenvalue weighted by Gasteiger charge is -2.34. The molecule has 1 atom stereocenters. The van der Waals surface area contributed by atoms with Gasteiger partial charge in [-0.15, -0.1) is 0 Å². The van der Waals surface area contributed by atoms with E-state index in [0.717, 1.165) is 0 Å². The van der Waals surface area contributed by atoms with Crippen LogP contribution >= 0.6 is 0 Å². The molecule has 0 saturated carbocycles. The lowest BCUT2D eigenvalue weighted by Crippen LogP contribution is -2.53. The molecule has 2 fully saturated rings. The van der Waals surface area contributed by atoms with Crippen molar-refractivity contribution in [1.82, 2.24) is 14.7 Å². The van der Waals surface area contributed by atoms with E-state index in [2.05, 4.69) is 0 Å². The standard InChI is InChI=1S/C13H21N3O5/c1-13(2,10(17)21-3)8-15-7-9-6-14(12(19)20)4-5-16(9)11(15)18/h9H,4-8H2,1-3H3,(H,19,20)/t9-/m0/s1. The molecule has 8 nitrogen and oxygen atoms in total. The van der Waals surface area contributed by atoms with Crippen LogP contribution in [0.5, 0.6) is 0 Å². The number of urea groups is 1. The van der Waals surface area contributed by atoms with Gasteiger partial charge in [-0.25, -0.2) is 9.59 Å². The highest BCUT2D eigenvalue weighted by molar-refractivity contribution is 5.80. The molecule has 118 valence electrons. The summed E-state index contributed by atoms with van der Waals surface area (Å²) >= 11 is 0. The fourth-order valence-corrected chi connectivity index (χ4v) is 2.90. The number of hydrogen-bond donors (Lipinski definition) is 1. The molecular formula is C13H21N3O5. The van der Waals surface area contributed by atoms with Crippen LogP contribution in [0.15, 0.2) is 0 Å². The van der Waals surface area contributed by atoms with Crippen molar-refractivity contribution in [2.45, 2.75) is 19.9 Å². The second-order valence-corrected chi connectivity index (χ2v) is 6.11. The van der Waals surface area contributed by atoms with Crippen molar-refractivity contribution in [2.24, 2.45) is 5.41 Å². The van der Waals surface area contributed by atoms with Gasteiger partial charge < -0.3 is 24.5 Å². The van der Waals surface area contributed by atoms with Gasteiger partial charge in [-0.05, 0) is 13.8 Å². The number of methoxy groups -OCH3 is 1. The Labute approximate surface area is 123 Å². The van der Waals surface area contributed by atoms with Gasteiger partial charge >= 0.3 is 18.1 Å². The molecule has 0 bridgehead atoms. The molecule has 8 heteroatoms. The molecule has 0 aromatic carbocycles. The topological polar surface area (TPSA) is 90.4 Å². The number of carbonyl (C=O) groups is 3. The fourth-order valence-electron chi connectivity index (χ4n) is 2.90. The SMILES string of the molecule is COC(=O)C(C)(C)CN1C[C@@H]2CN(C(=O)O)CCN2C1=O. The summed E-state index contributed by atoms with van der Waals surface area (Å²) < 4.78 is 4.75. The first-order valence-corrected chi connectivity index (χ1v) is 6.88. The van der Waals surface area contributed by atoms with E-state index in [9.17, 15) is 14.4 Å². The third-order valence-electron chi connectivity index (χ3n) is 4.02. The van der Waals surface area contributed by atoms with Gasteiger partial charge in [0, 0.05) is 32.7 Å². The summed E-state index contributed by atoms with van der Waals surface area (Å²) in [5.41, 5.74) is -0.786. The maximum absolute atomic E-state index is 12.3. The number of amides is 3. The molecule has 0 unspecified atom stereocenters. The zero-order valence-electron chi connectivity index (χ0n) is 12.5. The van der Waals surface area contributed by atoms with Crippen molar-refractivity contribution in [1.29, 1.82) is 0 Å². The van der Waals surface area contributed by atoms with E-state index in [1.54, 1.807) is 23.6 Å². The van der Waals surface area contributed by atoms with E-state index in [-0.39, 0.29) is 24.6 Å². The van der Waals surface area contributed by atoms with Gasteiger partial charge in [0.2, 0.25) is 0 Å². The Kier molecular flexibility index (Phi) is 3.97. The number of fused-ring (bicyclic) bond motifs is 1. The number of rotatable bonds is 3. The highest BCUT2D eigenvalue weighted by Gasteiger charge is 2.44. The zero-order valence-corrected chi connectivity index (χ0v) is 12.5. The van der Waals surface area contributed by atoms with Crippen LogP contribution < -0.4 is 0 Å². The smallest absolute Gasteiger partial charge is 0.407 e. The highest BCUT2D eigenvalue weighted by atomic mass is 16.5. The summed E-state index contributed by atoms with van der Waals surface area (Å²) in [6.45, 7) is 5.19. The molecule has 0 aliphatic carbocycles. The summed E-state index contributed by atoms with van der Waals surface area (Å²) in [6, 6.07) is -0.280. The van der Waals surface area contributed by atoms with Crippen LogP contribution in [-0.2, 0) is 9.53 Å². The molecule has 2 heterocycles. The van der Waals surface area contributed by atoms with Crippen LogP contribution in [-0.4, -0.2) is 83.8 Å². The second kappa shape index (κ2) is 5.42. The molecular weight excluding hydrogens is 278 g/mol. The van der Waals surface area contributed by atoms with Gasteiger partial charge in [0.05, 0.1) is 18.6 Å². The third-order valence-corrected chi connectivity index (χ3v) is 4.02. The quantitative estimate of drug-likeness (QED) is 0.756. The predicted molar refractivity (Wildman–Crippen MR) is 72.9 cm³/mol. The Morgan fingerprint density at radius 3 is 2.57 bits per heavy atom. The number of carbonyl (C=O) groups excluding carboxylic acids is 2. The second-order valence-electron chi connectivity index (χ2n) is 6.11. The maximum Gasteiger partial charge on any atom is 0.407 e. The molecule has 1 N–H and O–H groups in total. The number of carboxylic acid groups (broad SMARTS) is 1. The first-order chi connectivity index (χ1) is 9.76.